The lowest BCUT2D eigenvalue weighted by atomic mass is 9.71. The van der Waals surface area contributed by atoms with Gasteiger partial charge in [0.25, 0.3) is 5.91 Å². The second-order valence-corrected chi connectivity index (χ2v) is 13.6. The Morgan fingerprint density at radius 3 is 1.65 bits per heavy atom. The average Bonchev–Trinajstić information content (AvgIpc) is 4.07. The van der Waals surface area contributed by atoms with Crippen LogP contribution in [-0.2, 0) is 10.2 Å². The molecule has 0 aliphatic carbocycles. The van der Waals surface area contributed by atoms with Crippen LogP contribution in [0.4, 0.5) is 0 Å². The zero-order chi connectivity index (χ0) is 36.9. The number of nitrogens with zero attached hydrogens (tertiary/aromatic N) is 1. The number of hydrogen-bond donors (Lipinski definition) is 3. The lowest BCUT2D eigenvalue weighted by Crippen LogP contribution is -2.31. The lowest BCUT2D eigenvalue weighted by Gasteiger charge is -2.33. The van der Waals surface area contributed by atoms with Crippen LogP contribution in [0.1, 0.15) is 76.0 Å². The molecule has 1 amide bonds. The molecule has 1 atom stereocenters. The Balaban J connectivity index is 1.33. The number of carbonyl (C=O) groups is 2. The number of aromatic nitrogens is 3. The minimum atomic E-state index is -0.596. The molecular formula is C48H40N4O2. The van der Waals surface area contributed by atoms with Gasteiger partial charge in [0.2, 0.25) is 5.78 Å². The van der Waals surface area contributed by atoms with Gasteiger partial charge in [-0.1, -0.05) is 141 Å². The van der Waals surface area contributed by atoms with Crippen LogP contribution in [0.15, 0.2) is 175 Å². The highest BCUT2D eigenvalue weighted by molar-refractivity contribution is 6.34. The summed E-state index contributed by atoms with van der Waals surface area (Å²) in [6.45, 7) is 2.21. The lowest BCUT2D eigenvalue weighted by molar-refractivity contribution is -0.113. The van der Waals surface area contributed by atoms with Crippen molar-refractivity contribution in [2.45, 2.75) is 31.6 Å². The normalized spacial score (nSPS) is 14.8. The molecule has 1 aliphatic rings. The number of allylic oxidation sites excluding steroid dienone is 1. The third-order valence-corrected chi connectivity index (χ3v) is 10.2. The van der Waals surface area contributed by atoms with E-state index in [1.54, 1.807) is 6.08 Å². The summed E-state index contributed by atoms with van der Waals surface area (Å²) in [5, 5.41) is 1.78. The summed E-state index contributed by atoms with van der Waals surface area (Å²) in [5.41, 5.74) is 9.18. The summed E-state index contributed by atoms with van der Waals surface area (Å²) in [6, 6.07) is 52.9. The van der Waals surface area contributed by atoms with E-state index in [-0.39, 0.29) is 11.7 Å². The van der Waals surface area contributed by atoms with Crippen LogP contribution < -0.4 is 10.7 Å². The SMILES string of the molecule is CCCCC(c1ccccc1)(c1ccc(C(=O)c2ccccc2)[nH]1)c1ccc(/C(c2ccccc2)=c2\cc/c(=C(/C3=NC(=O)C=C3)c3ccccc3)[nH]2)[nH]1. The van der Waals surface area contributed by atoms with Crippen molar-refractivity contribution in [3.63, 3.8) is 0 Å². The van der Waals surface area contributed by atoms with E-state index in [0.29, 0.717) is 17.0 Å². The van der Waals surface area contributed by atoms with Crippen LogP contribution in [0.2, 0.25) is 0 Å². The summed E-state index contributed by atoms with van der Waals surface area (Å²) in [7, 11) is 0. The van der Waals surface area contributed by atoms with Gasteiger partial charge in [-0.15, -0.1) is 0 Å². The van der Waals surface area contributed by atoms with Crippen LogP contribution in [0.25, 0.3) is 11.1 Å². The molecule has 0 radical (unpaired) electrons. The fourth-order valence-electron chi connectivity index (χ4n) is 7.62. The van der Waals surface area contributed by atoms with E-state index in [1.807, 2.05) is 91.0 Å². The molecule has 6 heteroatoms. The van der Waals surface area contributed by atoms with Crippen molar-refractivity contribution in [2.75, 3.05) is 0 Å². The zero-order valence-electron chi connectivity index (χ0n) is 30.1. The Labute approximate surface area is 314 Å². The van der Waals surface area contributed by atoms with E-state index in [0.717, 1.165) is 74.9 Å². The van der Waals surface area contributed by atoms with E-state index in [4.69, 9.17) is 0 Å². The first-order chi connectivity index (χ1) is 26.5. The molecule has 0 fully saturated rings. The number of amides is 1. The number of benzene rings is 4. The van der Waals surface area contributed by atoms with Gasteiger partial charge in [-0.3, -0.25) is 9.59 Å². The van der Waals surface area contributed by atoms with Gasteiger partial charge in [0.1, 0.15) is 0 Å². The fraction of sp³-hybridized carbons (Fsp3) is 0.104. The molecule has 8 rings (SSSR count). The quantitative estimate of drug-likeness (QED) is 0.112. The Morgan fingerprint density at radius 2 is 1.07 bits per heavy atom. The Morgan fingerprint density at radius 1 is 0.556 bits per heavy atom. The van der Waals surface area contributed by atoms with Gasteiger partial charge >= 0.3 is 0 Å². The maximum absolute atomic E-state index is 13.6. The number of aromatic amines is 3. The number of H-pyrrole nitrogens is 3. The molecule has 3 aromatic heterocycles. The standard InChI is InChI=1S/C48H40N4O2/c1-2-3-32-48(36-22-14-7-15-23-36,43-30-27-41(51-43)47(54)35-20-12-6-13-21-35)42-29-26-39(50-42)45(33-16-8-4-9-17-33)37-24-25-38(49-37)46(34-18-10-5-11-19-34)40-28-31-44(53)52-40/h4-31,49-51H,2-3,32H2,1H3/b45-37+,46-38-. The van der Waals surface area contributed by atoms with Crippen molar-refractivity contribution in [3.05, 3.63) is 226 Å². The predicted molar refractivity (Wildman–Crippen MR) is 216 cm³/mol. The second-order valence-electron chi connectivity index (χ2n) is 13.6. The largest absolute Gasteiger partial charge is 0.357 e. The van der Waals surface area contributed by atoms with E-state index in [9.17, 15) is 9.59 Å². The highest BCUT2D eigenvalue weighted by Crippen LogP contribution is 2.43. The molecular weight excluding hydrogens is 665 g/mol. The summed E-state index contributed by atoms with van der Waals surface area (Å²) in [6.07, 6.45) is 6.09. The third kappa shape index (κ3) is 6.54. The van der Waals surface area contributed by atoms with Crippen LogP contribution in [0.3, 0.4) is 0 Å². The Kier molecular flexibility index (Phi) is 9.56. The van der Waals surface area contributed by atoms with Crippen molar-refractivity contribution in [2.24, 2.45) is 4.99 Å². The third-order valence-electron chi connectivity index (χ3n) is 10.2. The molecule has 7 aromatic rings. The summed E-state index contributed by atoms with van der Waals surface area (Å²) in [4.78, 5) is 41.4. The highest BCUT2D eigenvalue weighted by atomic mass is 16.1. The van der Waals surface area contributed by atoms with Gasteiger partial charge in [0, 0.05) is 50.6 Å². The Hall–Kier alpha value is -6.79. The van der Waals surface area contributed by atoms with Gasteiger partial charge in [0.15, 0.2) is 0 Å². The van der Waals surface area contributed by atoms with Crippen molar-refractivity contribution in [1.29, 1.82) is 0 Å². The first kappa shape index (κ1) is 34.3. The maximum atomic E-state index is 13.6. The topological polar surface area (TPSA) is 93.9 Å². The molecule has 0 saturated carbocycles. The number of hydrogen-bond acceptors (Lipinski definition) is 2. The molecule has 0 spiro atoms. The molecule has 4 heterocycles. The summed E-state index contributed by atoms with van der Waals surface area (Å²) in [5.74, 6) is -0.298. The van der Waals surface area contributed by atoms with E-state index in [1.165, 1.54) is 6.08 Å². The number of nitrogens with one attached hydrogen (secondary N) is 3. The first-order valence-electron chi connectivity index (χ1n) is 18.5. The fourth-order valence-corrected chi connectivity index (χ4v) is 7.62. The highest BCUT2D eigenvalue weighted by Gasteiger charge is 2.39. The molecule has 264 valence electrons. The van der Waals surface area contributed by atoms with Crippen molar-refractivity contribution < 1.29 is 9.59 Å². The first-order valence-corrected chi connectivity index (χ1v) is 18.5. The minimum absolute atomic E-state index is 0.0381. The molecule has 1 aliphatic heterocycles. The molecule has 4 aromatic carbocycles. The number of carbonyl (C=O) groups excluding carboxylic acids is 2. The monoisotopic (exact) mass is 704 g/mol. The molecule has 3 N–H and O–H groups in total. The second kappa shape index (κ2) is 15.1. The number of aliphatic imine (C=N–C) groups is 1. The van der Waals surface area contributed by atoms with E-state index in [2.05, 4.69) is 93.6 Å². The number of rotatable bonds is 12. The average molecular weight is 705 g/mol. The van der Waals surface area contributed by atoms with Gasteiger partial charge < -0.3 is 15.0 Å². The van der Waals surface area contributed by atoms with E-state index < -0.39 is 5.41 Å². The zero-order valence-corrected chi connectivity index (χ0v) is 30.1. The molecule has 0 saturated heterocycles. The van der Waals surface area contributed by atoms with Crippen LogP contribution in [0.5, 0.6) is 0 Å². The number of ketones is 1. The summed E-state index contributed by atoms with van der Waals surface area (Å²) < 4.78 is 0. The maximum Gasteiger partial charge on any atom is 0.270 e. The van der Waals surface area contributed by atoms with Gasteiger partial charge in [0.05, 0.1) is 16.8 Å². The van der Waals surface area contributed by atoms with Crippen LogP contribution in [-0.4, -0.2) is 32.4 Å². The number of unbranched alkanes of at least 4 members (excludes halogenated alkanes) is 1. The Bertz CT molecular complexity index is 2610. The van der Waals surface area contributed by atoms with Crippen molar-refractivity contribution >= 4 is 28.5 Å². The van der Waals surface area contributed by atoms with Crippen molar-refractivity contribution in [3.8, 4) is 0 Å². The van der Waals surface area contributed by atoms with Crippen molar-refractivity contribution in [1.82, 2.24) is 15.0 Å². The molecule has 6 nitrogen and oxygen atoms in total. The van der Waals surface area contributed by atoms with E-state index >= 15 is 0 Å². The van der Waals surface area contributed by atoms with Gasteiger partial charge in [-0.25, -0.2) is 4.99 Å². The van der Waals surface area contributed by atoms with Crippen LogP contribution in [0, 0.1) is 0 Å². The van der Waals surface area contributed by atoms with Gasteiger partial charge in [-0.2, -0.15) is 0 Å². The van der Waals surface area contributed by atoms with Crippen LogP contribution >= 0.6 is 0 Å². The summed E-state index contributed by atoms with van der Waals surface area (Å²) >= 11 is 0. The minimum Gasteiger partial charge on any atom is -0.357 e. The predicted octanol–water partition coefficient (Wildman–Crippen LogP) is 8.41. The smallest absolute Gasteiger partial charge is 0.270 e. The molecule has 0 bridgehead atoms. The van der Waals surface area contributed by atoms with Gasteiger partial charge in [-0.05, 0) is 65.6 Å². The molecule has 54 heavy (non-hydrogen) atoms. The molecule has 1 unspecified atom stereocenters.